The summed E-state index contributed by atoms with van der Waals surface area (Å²) in [7, 11) is 0. The first-order chi connectivity index (χ1) is 13.7. The zero-order valence-electron chi connectivity index (χ0n) is 17.1. The molecule has 29 heavy (non-hydrogen) atoms. The molecule has 0 radical (unpaired) electrons. The number of thioether (sulfide) groups is 1. The summed E-state index contributed by atoms with van der Waals surface area (Å²) in [5.41, 5.74) is 1.33. The quantitative estimate of drug-likeness (QED) is 0.413. The lowest BCUT2D eigenvalue weighted by atomic mass is 10.2. The third-order valence-electron chi connectivity index (χ3n) is 4.00. The highest BCUT2D eigenvalue weighted by Gasteiger charge is 2.22. The average Bonchev–Trinajstić information content (AvgIpc) is 2.63. The van der Waals surface area contributed by atoms with Crippen molar-refractivity contribution in [2.75, 3.05) is 16.9 Å². The van der Waals surface area contributed by atoms with Crippen LogP contribution in [0.25, 0.3) is 0 Å². The third-order valence-corrected chi connectivity index (χ3v) is 4.77. The normalized spacial score (nSPS) is 17.1. The van der Waals surface area contributed by atoms with E-state index in [4.69, 9.17) is 9.47 Å². The summed E-state index contributed by atoms with van der Waals surface area (Å²) < 4.78 is 11.5. The molecule has 0 saturated heterocycles. The van der Waals surface area contributed by atoms with Gasteiger partial charge >= 0.3 is 0 Å². The molecule has 0 spiro atoms. The van der Waals surface area contributed by atoms with Crippen LogP contribution >= 0.6 is 11.8 Å². The fraction of sp³-hybridized carbons (Fsp3) is 0.400. The second-order valence-corrected chi connectivity index (χ2v) is 8.35. The first kappa shape index (κ1) is 21.4. The van der Waals surface area contributed by atoms with Gasteiger partial charge in [0.15, 0.2) is 17.8 Å². The molecule has 156 valence electrons. The van der Waals surface area contributed by atoms with Crippen molar-refractivity contribution < 1.29 is 19.7 Å². The molecule has 0 fully saturated rings. The number of hydrogen-bond acceptors (Lipinski definition) is 9. The largest absolute Gasteiger partial charge is 0.455 e. The molecule has 3 rings (SSSR count). The van der Waals surface area contributed by atoms with E-state index in [1.54, 1.807) is 25.3 Å². The second-order valence-electron chi connectivity index (χ2n) is 7.50. The fourth-order valence-electron chi connectivity index (χ4n) is 2.69. The van der Waals surface area contributed by atoms with Gasteiger partial charge < -0.3 is 30.3 Å². The van der Waals surface area contributed by atoms with E-state index in [1.807, 2.05) is 39.2 Å². The minimum Gasteiger partial charge on any atom is -0.455 e. The van der Waals surface area contributed by atoms with Crippen molar-refractivity contribution in [3.05, 3.63) is 30.5 Å². The number of hydrogen-bond donors (Lipinski definition) is 4. The molecular weight excluding hydrogens is 392 g/mol. The standard InChI is InChI=1S/C20H26N4O4S/c1-11-18(25)24-16-14(8-9-21-17(16)22-11)27-12-6-7-13(15(10-12)29-5)23-19(26)28-20(2,3)4/h6-10,18-19,23-26H,1-5H3. The van der Waals surface area contributed by atoms with Crippen LogP contribution in [0.4, 0.5) is 17.2 Å². The van der Waals surface area contributed by atoms with E-state index in [0.29, 0.717) is 28.7 Å². The SMILES string of the molecule is CSc1cc(Oc2ccnc3c2NC(O)C(C)=N3)ccc1NC(O)OC(C)(C)C. The topological polar surface area (TPSA) is 108 Å². The molecule has 0 bridgehead atoms. The van der Waals surface area contributed by atoms with Crippen molar-refractivity contribution in [2.45, 2.75) is 50.8 Å². The van der Waals surface area contributed by atoms with Crippen LogP contribution in [-0.2, 0) is 4.74 Å². The number of benzene rings is 1. The maximum atomic E-state index is 10.1. The van der Waals surface area contributed by atoms with Gasteiger partial charge in [-0.05, 0) is 52.1 Å². The maximum absolute atomic E-state index is 10.1. The van der Waals surface area contributed by atoms with Gasteiger partial charge in [0.05, 0.1) is 17.0 Å². The first-order valence-electron chi connectivity index (χ1n) is 9.13. The van der Waals surface area contributed by atoms with Gasteiger partial charge in [0.25, 0.3) is 0 Å². The van der Waals surface area contributed by atoms with Crippen molar-refractivity contribution in [2.24, 2.45) is 4.99 Å². The van der Waals surface area contributed by atoms with Crippen LogP contribution in [0.15, 0.2) is 40.4 Å². The van der Waals surface area contributed by atoms with Gasteiger partial charge in [-0.1, -0.05) is 0 Å². The van der Waals surface area contributed by atoms with Gasteiger partial charge in [0.2, 0.25) is 6.41 Å². The van der Waals surface area contributed by atoms with E-state index in [9.17, 15) is 10.2 Å². The summed E-state index contributed by atoms with van der Waals surface area (Å²) >= 11 is 1.51. The van der Waals surface area contributed by atoms with E-state index >= 15 is 0 Å². The molecule has 2 heterocycles. The third kappa shape index (κ3) is 5.39. The number of aliphatic imine (C=N–C) groups is 1. The summed E-state index contributed by atoms with van der Waals surface area (Å²) in [4.78, 5) is 9.39. The average molecular weight is 419 g/mol. The van der Waals surface area contributed by atoms with Crippen molar-refractivity contribution in [3.8, 4) is 11.5 Å². The summed E-state index contributed by atoms with van der Waals surface area (Å²) in [5.74, 6) is 1.58. The van der Waals surface area contributed by atoms with Crippen molar-refractivity contribution >= 4 is 34.7 Å². The number of anilines is 2. The van der Waals surface area contributed by atoms with E-state index in [2.05, 4.69) is 20.6 Å². The van der Waals surface area contributed by atoms with E-state index < -0.39 is 18.2 Å². The number of pyridine rings is 1. The Morgan fingerprint density at radius 2 is 2.03 bits per heavy atom. The molecule has 0 amide bonds. The van der Waals surface area contributed by atoms with Crippen LogP contribution in [0.1, 0.15) is 27.7 Å². The summed E-state index contributed by atoms with van der Waals surface area (Å²) in [5, 5.41) is 26.1. The zero-order valence-corrected chi connectivity index (χ0v) is 17.9. The Balaban J connectivity index is 1.81. The minimum atomic E-state index is -1.13. The van der Waals surface area contributed by atoms with Crippen LogP contribution in [0.3, 0.4) is 0 Å². The molecular formula is C20H26N4O4S. The van der Waals surface area contributed by atoms with Crippen molar-refractivity contribution in [1.29, 1.82) is 0 Å². The number of ether oxygens (including phenoxy) is 2. The van der Waals surface area contributed by atoms with E-state index in [1.165, 1.54) is 11.8 Å². The molecule has 2 unspecified atom stereocenters. The van der Waals surface area contributed by atoms with Gasteiger partial charge in [0, 0.05) is 17.2 Å². The molecule has 1 aliphatic heterocycles. The maximum Gasteiger partial charge on any atom is 0.235 e. The second kappa shape index (κ2) is 8.58. The minimum absolute atomic E-state index is 0.469. The van der Waals surface area contributed by atoms with Crippen LogP contribution < -0.4 is 15.4 Å². The summed E-state index contributed by atoms with van der Waals surface area (Å²) in [6.45, 7) is 7.34. The van der Waals surface area contributed by atoms with Crippen molar-refractivity contribution in [3.63, 3.8) is 0 Å². The Kier molecular flexibility index (Phi) is 6.33. The monoisotopic (exact) mass is 418 g/mol. The molecule has 1 aliphatic rings. The Labute approximate surface area is 174 Å². The first-order valence-corrected chi connectivity index (χ1v) is 10.4. The lowest BCUT2D eigenvalue weighted by Gasteiger charge is -2.25. The summed E-state index contributed by atoms with van der Waals surface area (Å²) in [6, 6.07) is 7.17. The molecule has 1 aromatic carbocycles. The fourth-order valence-corrected chi connectivity index (χ4v) is 3.27. The molecule has 1 aromatic heterocycles. The molecule has 4 N–H and O–H groups in total. The van der Waals surface area contributed by atoms with Gasteiger partial charge in [-0.3, -0.25) is 0 Å². The zero-order chi connectivity index (χ0) is 21.2. The molecule has 2 atom stereocenters. The van der Waals surface area contributed by atoms with E-state index in [-0.39, 0.29) is 0 Å². The van der Waals surface area contributed by atoms with Crippen LogP contribution in [0, 0.1) is 0 Å². The Morgan fingerprint density at radius 3 is 2.72 bits per heavy atom. The smallest absolute Gasteiger partial charge is 0.235 e. The van der Waals surface area contributed by atoms with Crippen LogP contribution in [0.5, 0.6) is 11.5 Å². The highest BCUT2D eigenvalue weighted by molar-refractivity contribution is 7.98. The van der Waals surface area contributed by atoms with Crippen LogP contribution in [0.2, 0.25) is 0 Å². The highest BCUT2D eigenvalue weighted by Crippen LogP contribution is 2.39. The van der Waals surface area contributed by atoms with Gasteiger partial charge in [-0.15, -0.1) is 11.8 Å². The Morgan fingerprint density at radius 1 is 1.28 bits per heavy atom. The number of aliphatic hydroxyl groups is 2. The Hall–Kier alpha value is -2.33. The van der Waals surface area contributed by atoms with Gasteiger partial charge in [0.1, 0.15) is 11.4 Å². The van der Waals surface area contributed by atoms with Gasteiger partial charge in [-0.25, -0.2) is 9.98 Å². The molecule has 0 aliphatic carbocycles. The predicted octanol–water partition coefficient (Wildman–Crippen LogP) is 3.94. The highest BCUT2D eigenvalue weighted by atomic mass is 32.2. The number of rotatable bonds is 6. The summed E-state index contributed by atoms with van der Waals surface area (Å²) in [6.07, 6.45) is 1.53. The molecule has 8 nitrogen and oxygen atoms in total. The lowest BCUT2D eigenvalue weighted by molar-refractivity contribution is -0.148. The number of nitrogens with zero attached hydrogens (tertiary/aromatic N) is 2. The number of aromatic nitrogens is 1. The van der Waals surface area contributed by atoms with E-state index in [0.717, 1.165) is 10.6 Å². The number of aliphatic hydroxyl groups excluding tert-OH is 2. The predicted molar refractivity (Wildman–Crippen MR) is 115 cm³/mol. The van der Waals surface area contributed by atoms with Crippen LogP contribution in [-0.4, -0.2) is 45.4 Å². The molecule has 9 heteroatoms. The Bertz CT molecular complexity index is 914. The number of fused-ring (bicyclic) bond motifs is 1. The number of nitrogens with one attached hydrogen (secondary N) is 2. The van der Waals surface area contributed by atoms with Crippen molar-refractivity contribution in [1.82, 2.24) is 4.98 Å². The molecule has 0 saturated carbocycles. The van der Waals surface area contributed by atoms with Gasteiger partial charge in [-0.2, -0.15) is 0 Å². The molecule has 2 aromatic rings. The lowest BCUT2D eigenvalue weighted by Crippen LogP contribution is -2.32.